The number of imide groups is 1. The zero-order chi connectivity index (χ0) is 21.3. The Morgan fingerprint density at radius 2 is 1.77 bits per heavy atom. The summed E-state index contributed by atoms with van der Waals surface area (Å²) in [5.41, 5.74) is 1.27. The van der Waals surface area contributed by atoms with E-state index in [1.807, 2.05) is 42.5 Å². The van der Waals surface area contributed by atoms with E-state index in [4.69, 9.17) is 0 Å². The van der Waals surface area contributed by atoms with Crippen LogP contribution in [0.4, 0.5) is 11.4 Å². The number of hydrogen-bond donors (Lipinski definition) is 1. The van der Waals surface area contributed by atoms with Gasteiger partial charge in [-0.15, -0.1) is 6.58 Å². The Morgan fingerprint density at radius 1 is 1.03 bits per heavy atom. The summed E-state index contributed by atoms with van der Waals surface area (Å²) in [4.78, 5) is 45.9. The van der Waals surface area contributed by atoms with E-state index in [1.54, 1.807) is 23.1 Å². The highest BCUT2D eigenvalue weighted by molar-refractivity contribution is 6.25. The van der Waals surface area contributed by atoms with Gasteiger partial charge >= 0.3 is 0 Å². The van der Waals surface area contributed by atoms with E-state index < -0.39 is 17.4 Å². The van der Waals surface area contributed by atoms with Crippen LogP contribution in [-0.4, -0.2) is 36.9 Å². The van der Waals surface area contributed by atoms with Crippen molar-refractivity contribution in [3.8, 4) is 0 Å². The summed E-state index contributed by atoms with van der Waals surface area (Å²) in [6.45, 7) is 5.01. The maximum Gasteiger partial charge on any atom is 0.294 e. The van der Waals surface area contributed by atoms with Gasteiger partial charge in [-0.1, -0.05) is 42.5 Å². The van der Waals surface area contributed by atoms with E-state index in [0.29, 0.717) is 12.2 Å². The summed E-state index contributed by atoms with van der Waals surface area (Å²) < 4.78 is 0. The molecule has 156 valence electrons. The van der Waals surface area contributed by atoms with Crippen molar-refractivity contribution in [2.24, 2.45) is 11.8 Å². The third-order valence-electron chi connectivity index (χ3n) is 7.69. The van der Waals surface area contributed by atoms with Gasteiger partial charge in [-0.05, 0) is 18.2 Å². The predicted molar refractivity (Wildman–Crippen MR) is 115 cm³/mol. The van der Waals surface area contributed by atoms with E-state index in [1.165, 1.54) is 4.90 Å². The van der Waals surface area contributed by atoms with Gasteiger partial charge in [0, 0.05) is 24.9 Å². The molecule has 5 atom stereocenters. The van der Waals surface area contributed by atoms with E-state index in [9.17, 15) is 14.4 Å². The Hall–Kier alpha value is -3.25. The Morgan fingerprint density at radius 3 is 2.55 bits per heavy atom. The smallest absolute Gasteiger partial charge is 0.294 e. The van der Waals surface area contributed by atoms with Crippen molar-refractivity contribution in [1.29, 1.82) is 0 Å². The zero-order valence-corrected chi connectivity index (χ0v) is 17.2. The molecule has 0 bridgehead atoms. The maximum absolute atomic E-state index is 14.1. The van der Waals surface area contributed by atoms with Crippen molar-refractivity contribution in [2.45, 2.75) is 24.4 Å². The Balaban J connectivity index is 1.58. The van der Waals surface area contributed by atoms with Crippen LogP contribution in [0.15, 0.2) is 67.3 Å². The largest absolute Gasteiger partial charge is 0.315 e. The van der Waals surface area contributed by atoms with Gasteiger partial charge in [0.05, 0.1) is 17.9 Å². The molecule has 0 aliphatic carbocycles. The minimum Gasteiger partial charge on any atom is -0.315 e. The van der Waals surface area contributed by atoms with Crippen molar-refractivity contribution in [3.63, 3.8) is 0 Å². The summed E-state index contributed by atoms with van der Waals surface area (Å²) in [5, 5.41) is 0. The Bertz CT molecular complexity index is 1130. The predicted octanol–water partition coefficient (Wildman–Crippen LogP) is 1.28. The standard InChI is InChI=1S/C25H23N3O3/c1-2-14-26-18-12-7-6-11-17(18)25(24(26)31)21-20(19-13-8-15-27(19)25)22(29)28(23(21)30)16-9-4-3-5-10-16/h2-7,9-12,19-21H,1,8,13-15H2/p+1/t19-,20-,21+,25-/m1/s1. The minimum atomic E-state index is -1.04. The molecule has 1 N–H and O–H groups in total. The fourth-order valence-corrected chi connectivity index (χ4v) is 6.74. The highest BCUT2D eigenvalue weighted by atomic mass is 16.2. The summed E-state index contributed by atoms with van der Waals surface area (Å²) in [5.74, 6) is -1.62. The molecular formula is C25H24N3O3+. The summed E-state index contributed by atoms with van der Waals surface area (Å²) >= 11 is 0. The SMILES string of the molecule is C=CCN1C(=O)[C@@]2(c3ccccc31)[C@@H]1C(=O)N(c3ccccc3)C(=O)[C@@H]1[C@H]1CCC[NH+]12. The minimum absolute atomic E-state index is 0.0177. The number of carbonyl (C=O) groups excluding carboxylic acids is 3. The first-order valence-electron chi connectivity index (χ1n) is 10.9. The van der Waals surface area contributed by atoms with Gasteiger partial charge in [0.2, 0.25) is 17.4 Å². The van der Waals surface area contributed by atoms with Gasteiger partial charge in [-0.25, -0.2) is 4.90 Å². The van der Waals surface area contributed by atoms with Crippen LogP contribution in [0.5, 0.6) is 0 Å². The highest BCUT2D eigenvalue weighted by Gasteiger charge is 2.79. The lowest BCUT2D eigenvalue weighted by Gasteiger charge is -2.34. The topological polar surface area (TPSA) is 62.1 Å². The number of benzene rings is 2. The monoisotopic (exact) mass is 414 g/mol. The van der Waals surface area contributed by atoms with E-state index in [-0.39, 0.29) is 23.8 Å². The average molecular weight is 414 g/mol. The van der Waals surface area contributed by atoms with Crippen LogP contribution in [0.3, 0.4) is 0 Å². The fraction of sp³-hybridized carbons (Fsp3) is 0.320. The number of hydrogen-bond acceptors (Lipinski definition) is 3. The molecule has 4 aliphatic heterocycles. The third kappa shape index (κ3) is 2.08. The number of nitrogens with one attached hydrogen (secondary N) is 1. The van der Waals surface area contributed by atoms with Crippen molar-refractivity contribution in [3.05, 3.63) is 72.8 Å². The fourth-order valence-electron chi connectivity index (χ4n) is 6.74. The summed E-state index contributed by atoms with van der Waals surface area (Å²) in [6, 6.07) is 16.9. The van der Waals surface area contributed by atoms with Crippen LogP contribution in [0.1, 0.15) is 18.4 Å². The van der Waals surface area contributed by atoms with Crippen LogP contribution in [-0.2, 0) is 19.9 Å². The average Bonchev–Trinajstić information content (AvgIpc) is 3.48. The number of quaternary nitrogens is 1. The molecule has 0 saturated carbocycles. The number of para-hydroxylation sites is 2. The summed E-state index contributed by atoms with van der Waals surface area (Å²) in [7, 11) is 0. The molecule has 1 spiro atoms. The van der Waals surface area contributed by atoms with Crippen LogP contribution < -0.4 is 14.7 Å². The van der Waals surface area contributed by atoms with Crippen LogP contribution in [0.2, 0.25) is 0 Å². The second kappa shape index (κ2) is 6.37. The lowest BCUT2D eigenvalue weighted by atomic mass is 9.75. The molecule has 3 saturated heterocycles. The molecule has 1 unspecified atom stereocenters. The van der Waals surface area contributed by atoms with Crippen molar-refractivity contribution in [2.75, 3.05) is 22.9 Å². The first-order chi connectivity index (χ1) is 15.1. The molecule has 2 aromatic carbocycles. The molecule has 4 aliphatic rings. The molecule has 3 amide bonds. The molecule has 31 heavy (non-hydrogen) atoms. The molecule has 6 heteroatoms. The second-order valence-corrected chi connectivity index (χ2v) is 8.90. The molecule has 3 fully saturated rings. The van der Waals surface area contributed by atoms with Gasteiger partial charge in [-0.2, -0.15) is 0 Å². The van der Waals surface area contributed by atoms with E-state index >= 15 is 0 Å². The number of amides is 3. The van der Waals surface area contributed by atoms with Gasteiger partial charge in [-0.3, -0.25) is 14.4 Å². The maximum atomic E-state index is 14.1. The van der Waals surface area contributed by atoms with Crippen LogP contribution >= 0.6 is 0 Å². The number of anilines is 2. The highest BCUT2D eigenvalue weighted by Crippen LogP contribution is 2.53. The summed E-state index contributed by atoms with van der Waals surface area (Å²) in [6.07, 6.45) is 3.53. The third-order valence-corrected chi connectivity index (χ3v) is 7.69. The number of nitrogens with zero attached hydrogens (tertiary/aromatic N) is 2. The molecule has 6 rings (SSSR count). The van der Waals surface area contributed by atoms with Crippen LogP contribution in [0.25, 0.3) is 0 Å². The molecule has 2 aromatic rings. The van der Waals surface area contributed by atoms with Crippen LogP contribution in [0, 0.1) is 11.8 Å². The normalized spacial score (nSPS) is 33.2. The lowest BCUT2D eigenvalue weighted by Crippen LogP contribution is -3.20. The van der Waals surface area contributed by atoms with E-state index in [0.717, 1.165) is 35.5 Å². The Labute approximate surface area is 180 Å². The number of fused-ring (bicyclic) bond motifs is 7. The number of carbonyl (C=O) groups is 3. The molecule has 0 radical (unpaired) electrons. The second-order valence-electron chi connectivity index (χ2n) is 8.90. The molecule has 0 aromatic heterocycles. The first kappa shape index (κ1) is 18.5. The van der Waals surface area contributed by atoms with Gasteiger partial charge in [0.25, 0.3) is 5.91 Å². The molecule has 4 heterocycles. The van der Waals surface area contributed by atoms with Crippen molar-refractivity contribution >= 4 is 29.1 Å². The first-order valence-corrected chi connectivity index (χ1v) is 10.9. The quantitative estimate of drug-likeness (QED) is 0.608. The lowest BCUT2D eigenvalue weighted by molar-refractivity contribution is -0.948. The zero-order valence-electron chi connectivity index (χ0n) is 17.2. The van der Waals surface area contributed by atoms with Gasteiger partial charge in [0.15, 0.2) is 0 Å². The van der Waals surface area contributed by atoms with Crippen molar-refractivity contribution in [1.82, 2.24) is 0 Å². The molecule has 6 nitrogen and oxygen atoms in total. The van der Waals surface area contributed by atoms with Gasteiger partial charge < -0.3 is 9.80 Å². The molecular weight excluding hydrogens is 390 g/mol. The van der Waals surface area contributed by atoms with E-state index in [2.05, 4.69) is 6.58 Å². The number of rotatable bonds is 3. The Kier molecular flexibility index (Phi) is 3.81. The van der Waals surface area contributed by atoms with Gasteiger partial charge in [0.1, 0.15) is 17.9 Å². The van der Waals surface area contributed by atoms with Crippen molar-refractivity contribution < 1.29 is 19.3 Å².